The molecule has 3 heteroatoms. The third kappa shape index (κ3) is 2.45. The first-order valence-corrected chi connectivity index (χ1v) is 7.64. The monoisotopic (exact) mass is 270 g/mol. The molecule has 1 aromatic carbocycles. The third-order valence-corrected chi connectivity index (χ3v) is 4.44. The molecule has 0 saturated heterocycles. The van der Waals surface area contributed by atoms with Crippen molar-refractivity contribution >= 4 is 16.8 Å². The number of amides is 1. The number of benzene rings is 1. The number of nitrogens with zero attached hydrogens (tertiary/aromatic N) is 1. The molecular weight excluding hydrogens is 248 g/mol. The summed E-state index contributed by atoms with van der Waals surface area (Å²) in [7, 11) is 0. The highest BCUT2D eigenvalue weighted by atomic mass is 16.2. The van der Waals surface area contributed by atoms with Crippen LogP contribution in [0.4, 0.5) is 0 Å². The number of H-pyrrole nitrogens is 1. The molecule has 1 heterocycles. The molecule has 1 amide bonds. The second-order valence-corrected chi connectivity index (χ2v) is 5.65. The summed E-state index contributed by atoms with van der Waals surface area (Å²) < 4.78 is 0. The van der Waals surface area contributed by atoms with Gasteiger partial charge >= 0.3 is 0 Å². The van der Waals surface area contributed by atoms with Crippen LogP contribution in [0.2, 0.25) is 0 Å². The van der Waals surface area contributed by atoms with Gasteiger partial charge in [-0.3, -0.25) is 4.79 Å². The molecule has 106 valence electrons. The average molecular weight is 270 g/mol. The highest BCUT2D eigenvalue weighted by Crippen LogP contribution is 2.25. The van der Waals surface area contributed by atoms with Gasteiger partial charge in [0, 0.05) is 29.7 Å². The van der Waals surface area contributed by atoms with Crippen LogP contribution in [-0.2, 0) is 11.2 Å². The van der Waals surface area contributed by atoms with Gasteiger partial charge in [0.2, 0.25) is 5.91 Å². The number of likely N-dealkylation sites (N-methyl/N-ethyl adjacent to an activating group) is 1. The summed E-state index contributed by atoms with van der Waals surface area (Å²) in [5.41, 5.74) is 2.22. The second kappa shape index (κ2) is 5.70. The summed E-state index contributed by atoms with van der Waals surface area (Å²) in [4.78, 5) is 17.9. The van der Waals surface area contributed by atoms with Gasteiger partial charge in [-0.1, -0.05) is 31.0 Å². The lowest BCUT2D eigenvalue weighted by molar-refractivity contribution is -0.132. The van der Waals surface area contributed by atoms with Gasteiger partial charge in [0.05, 0.1) is 6.42 Å². The Balaban J connectivity index is 1.77. The van der Waals surface area contributed by atoms with Gasteiger partial charge in [-0.2, -0.15) is 0 Å². The first-order chi connectivity index (χ1) is 9.79. The molecule has 0 aliphatic heterocycles. The Morgan fingerprint density at radius 1 is 1.30 bits per heavy atom. The lowest BCUT2D eigenvalue weighted by atomic mass is 10.1. The highest BCUT2D eigenvalue weighted by molar-refractivity contribution is 5.89. The van der Waals surface area contributed by atoms with Crippen molar-refractivity contribution in [3.8, 4) is 0 Å². The molecule has 1 saturated carbocycles. The van der Waals surface area contributed by atoms with Crippen LogP contribution < -0.4 is 0 Å². The predicted molar refractivity (Wildman–Crippen MR) is 81.6 cm³/mol. The smallest absolute Gasteiger partial charge is 0.227 e. The van der Waals surface area contributed by atoms with Gasteiger partial charge < -0.3 is 9.88 Å². The third-order valence-electron chi connectivity index (χ3n) is 4.44. The van der Waals surface area contributed by atoms with Crippen LogP contribution in [0.25, 0.3) is 10.9 Å². The van der Waals surface area contributed by atoms with E-state index >= 15 is 0 Å². The standard InChI is InChI=1S/C17H22N2O/c1-2-19(14-7-3-4-8-14)17(20)11-13-12-18-16-10-6-5-9-15(13)16/h5-6,9-10,12,14,18H,2-4,7-8,11H2,1H3. The largest absolute Gasteiger partial charge is 0.361 e. The van der Waals surface area contributed by atoms with Crippen LogP contribution >= 0.6 is 0 Å². The Kier molecular flexibility index (Phi) is 3.77. The summed E-state index contributed by atoms with van der Waals surface area (Å²) in [5.74, 6) is 0.268. The number of aromatic nitrogens is 1. The van der Waals surface area contributed by atoms with Crippen molar-refractivity contribution < 1.29 is 4.79 Å². The Morgan fingerprint density at radius 2 is 2.05 bits per heavy atom. The number of para-hydroxylation sites is 1. The Labute approximate surface area is 120 Å². The first-order valence-electron chi connectivity index (χ1n) is 7.64. The zero-order chi connectivity index (χ0) is 13.9. The van der Waals surface area contributed by atoms with Crippen LogP contribution in [0.1, 0.15) is 38.2 Å². The van der Waals surface area contributed by atoms with E-state index < -0.39 is 0 Å². The summed E-state index contributed by atoms with van der Waals surface area (Å²) in [6.45, 7) is 2.91. The van der Waals surface area contributed by atoms with Crippen molar-refractivity contribution in [1.29, 1.82) is 0 Å². The van der Waals surface area contributed by atoms with E-state index in [2.05, 4.69) is 28.9 Å². The molecule has 1 aliphatic rings. The van der Waals surface area contributed by atoms with Crippen molar-refractivity contribution in [3.05, 3.63) is 36.0 Å². The fourth-order valence-electron chi connectivity index (χ4n) is 3.40. The van der Waals surface area contributed by atoms with Crippen molar-refractivity contribution in [2.75, 3.05) is 6.54 Å². The van der Waals surface area contributed by atoms with Gasteiger partial charge in [-0.15, -0.1) is 0 Å². The molecule has 2 aromatic rings. The van der Waals surface area contributed by atoms with E-state index in [-0.39, 0.29) is 5.91 Å². The maximum Gasteiger partial charge on any atom is 0.227 e. The number of hydrogen-bond acceptors (Lipinski definition) is 1. The molecule has 3 rings (SSSR count). The Bertz CT molecular complexity index is 596. The normalized spacial score (nSPS) is 15.8. The highest BCUT2D eigenvalue weighted by Gasteiger charge is 2.25. The van der Waals surface area contributed by atoms with E-state index in [4.69, 9.17) is 0 Å². The molecule has 1 fully saturated rings. The van der Waals surface area contributed by atoms with Crippen molar-refractivity contribution in [1.82, 2.24) is 9.88 Å². The molecule has 0 spiro atoms. The van der Waals surface area contributed by atoms with Crippen molar-refractivity contribution in [2.24, 2.45) is 0 Å². The number of fused-ring (bicyclic) bond motifs is 1. The predicted octanol–water partition coefficient (Wildman–Crippen LogP) is 3.50. The number of hydrogen-bond donors (Lipinski definition) is 1. The van der Waals surface area contributed by atoms with E-state index in [0.29, 0.717) is 12.5 Å². The maximum atomic E-state index is 12.6. The van der Waals surface area contributed by atoms with E-state index in [1.807, 2.05) is 18.3 Å². The quantitative estimate of drug-likeness (QED) is 0.907. The van der Waals surface area contributed by atoms with E-state index in [1.165, 1.54) is 31.1 Å². The maximum absolute atomic E-state index is 12.6. The summed E-state index contributed by atoms with van der Waals surface area (Å²) in [6, 6.07) is 8.65. The fraction of sp³-hybridized carbons (Fsp3) is 0.471. The molecule has 20 heavy (non-hydrogen) atoms. The lowest BCUT2D eigenvalue weighted by Gasteiger charge is -2.27. The molecule has 3 nitrogen and oxygen atoms in total. The molecule has 1 N–H and O–H groups in total. The number of carbonyl (C=O) groups excluding carboxylic acids is 1. The van der Waals surface area contributed by atoms with E-state index in [0.717, 1.165) is 17.6 Å². The fourth-order valence-corrected chi connectivity index (χ4v) is 3.40. The molecule has 0 bridgehead atoms. The van der Waals surface area contributed by atoms with Crippen LogP contribution in [0.15, 0.2) is 30.5 Å². The minimum Gasteiger partial charge on any atom is -0.361 e. The van der Waals surface area contributed by atoms with Crippen LogP contribution in [0.3, 0.4) is 0 Å². The number of aromatic amines is 1. The van der Waals surface area contributed by atoms with Gasteiger partial charge in [-0.25, -0.2) is 0 Å². The number of rotatable bonds is 4. The van der Waals surface area contributed by atoms with Gasteiger partial charge in [-0.05, 0) is 31.4 Å². The van der Waals surface area contributed by atoms with Gasteiger partial charge in [0.1, 0.15) is 0 Å². The SMILES string of the molecule is CCN(C(=O)Cc1c[nH]c2ccccc12)C1CCCC1. The van der Waals surface area contributed by atoms with Gasteiger partial charge in [0.25, 0.3) is 0 Å². The molecule has 0 atom stereocenters. The second-order valence-electron chi connectivity index (χ2n) is 5.65. The topological polar surface area (TPSA) is 36.1 Å². The minimum absolute atomic E-state index is 0.268. The van der Waals surface area contributed by atoms with Crippen molar-refractivity contribution in [3.63, 3.8) is 0 Å². The number of carbonyl (C=O) groups is 1. The molecule has 1 aliphatic carbocycles. The zero-order valence-corrected chi connectivity index (χ0v) is 12.1. The van der Waals surface area contributed by atoms with Gasteiger partial charge in [0.15, 0.2) is 0 Å². The van der Waals surface area contributed by atoms with Crippen LogP contribution in [-0.4, -0.2) is 28.4 Å². The van der Waals surface area contributed by atoms with Crippen LogP contribution in [0.5, 0.6) is 0 Å². The van der Waals surface area contributed by atoms with E-state index in [9.17, 15) is 4.79 Å². The summed E-state index contributed by atoms with van der Waals surface area (Å²) >= 11 is 0. The zero-order valence-electron chi connectivity index (χ0n) is 12.1. The Morgan fingerprint density at radius 3 is 2.80 bits per heavy atom. The molecular formula is C17H22N2O. The molecule has 0 radical (unpaired) electrons. The molecule has 0 unspecified atom stereocenters. The van der Waals surface area contributed by atoms with Crippen molar-refractivity contribution in [2.45, 2.75) is 45.1 Å². The van der Waals surface area contributed by atoms with Crippen LogP contribution in [0, 0.1) is 0 Å². The molecule has 1 aromatic heterocycles. The first kappa shape index (κ1) is 13.2. The Hall–Kier alpha value is -1.77. The number of nitrogens with one attached hydrogen (secondary N) is 1. The van der Waals surface area contributed by atoms with E-state index in [1.54, 1.807) is 0 Å². The summed E-state index contributed by atoms with van der Waals surface area (Å²) in [5, 5.41) is 1.17. The minimum atomic E-state index is 0.268. The lowest BCUT2D eigenvalue weighted by Crippen LogP contribution is -2.39. The summed E-state index contributed by atoms with van der Waals surface area (Å²) in [6.07, 6.45) is 7.36. The average Bonchev–Trinajstić information content (AvgIpc) is 3.10.